The second kappa shape index (κ2) is 13.2. The number of nitrogens with zero attached hydrogens (tertiary/aromatic N) is 6. The predicted octanol–water partition coefficient (Wildman–Crippen LogP) is 9.69. The summed E-state index contributed by atoms with van der Waals surface area (Å²) in [5, 5.41) is 0. The average molecular weight is 631 g/mol. The van der Waals surface area contributed by atoms with Gasteiger partial charge in [-0.05, 0) is 174 Å². The van der Waals surface area contributed by atoms with E-state index in [1.165, 1.54) is 0 Å². The third-order valence-electron chi connectivity index (χ3n) is 8.82. The van der Waals surface area contributed by atoms with Crippen LogP contribution in [0.15, 0.2) is 170 Å². The van der Waals surface area contributed by atoms with Crippen LogP contribution in [0.1, 0.15) is 5.56 Å². The van der Waals surface area contributed by atoms with Gasteiger partial charge in [-0.2, -0.15) is 0 Å². The van der Waals surface area contributed by atoms with Crippen LogP contribution in [-0.4, -0.2) is 37.7 Å². The van der Waals surface area contributed by atoms with Gasteiger partial charge in [-0.15, -0.1) is 0 Å². The highest BCUT2D eigenvalue weighted by atomic mass is 14.7. The minimum absolute atomic E-state index is 0.551. The Morgan fingerprint density at radius 2 is 0.714 bits per heavy atom. The normalized spacial score (nSPS) is 12.5. The maximum absolute atomic E-state index is 4.49. The quantitative estimate of drug-likeness (QED) is 0.175. The lowest BCUT2D eigenvalue weighted by Gasteiger charge is -2.23. The molecule has 49 heavy (non-hydrogen) atoms. The van der Waals surface area contributed by atoms with E-state index in [4.69, 9.17) is 0 Å². The SMILES string of the molecule is C=C1CN=CC=C1c1cc(-c2cc(-c3ccncc3)c(-c3ccncc3)c(-c3ccncc3)c2)cc(-c2ccncc2)c1-c1ccncc1. The van der Waals surface area contributed by atoms with Crippen LogP contribution >= 0.6 is 0 Å². The summed E-state index contributed by atoms with van der Waals surface area (Å²) in [6.45, 7) is 4.99. The zero-order chi connectivity index (χ0) is 33.0. The molecular weight excluding hydrogens is 601 g/mol. The second-order valence-electron chi connectivity index (χ2n) is 11.7. The molecule has 0 radical (unpaired) electrons. The van der Waals surface area contributed by atoms with Crippen LogP contribution in [0.3, 0.4) is 0 Å². The molecule has 6 heterocycles. The van der Waals surface area contributed by atoms with Crippen molar-refractivity contribution in [3.05, 3.63) is 171 Å². The molecule has 2 aromatic carbocycles. The predicted molar refractivity (Wildman–Crippen MR) is 199 cm³/mol. The van der Waals surface area contributed by atoms with Crippen LogP contribution in [0, 0.1) is 0 Å². The summed E-state index contributed by atoms with van der Waals surface area (Å²) in [7, 11) is 0. The molecule has 0 saturated carbocycles. The van der Waals surface area contributed by atoms with Crippen LogP contribution < -0.4 is 0 Å². The van der Waals surface area contributed by atoms with Crippen molar-refractivity contribution in [2.24, 2.45) is 4.99 Å². The summed E-state index contributed by atoms with van der Waals surface area (Å²) in [5.41, 5.74) is 16.1. The molecule has 1 aliphatic heterocycles. The topological polar surface area (TPSA) is 76.8 Å². The Hall–Kier alpha value is -6.66. The van der Waals surface area contributed by atoms with Crippen molar-refractivity contribution in [2.45, 2.75) is 0 Å². The molecule has 0 bridgehead atoms. The molecule has 0 unspecified atom stereocenters. The summed E-state index contributed by atoms with van der Waals surface area (Å²) >= 11 is 0. The molecule has 6 heteroatoms. The summed E-state index contributed by atoms with van der Waals surface area (Å²) in [6.07, 6.45) is 22.4. The van der Waals surface area contributed by atoms with Gasteiger partial charge in [-0.3, -0.25) is 29.9 Å². The lowest BCUT2D eigenvalue weighted by atomic mass is 9.81. The fourth-order valence-corrected chi connectivity index (χ4v) is 6.54. The van der Waals surface area contributed by atoms with Gasteiger partial charge in [0.15, 0.2) is 0 Å². The molecule has 232 valence electrons. The average Bonchev–Trinajstić information content (AvgIpc) is 3.19. The van der Waals surface area contributed by atoms with Crippen molar-refractivity contribution in [1.29, 1.82) is 0 Å². The maximum Gasteiger partial charge on any atom is 0.0640 e. The van der Waals surface area contributed by atoms with Gasteiger partial charge in [0.2, 0.25) is 0 Å². The molecule has 1 aliphatic rings. The Balaban J connectivity index is 1.48. The number of hydrogen-bond donors (Lipinski definition) is 0. The number of benzene rings is 2. The van der Waals surface area contributed by atoms with Gasteiger partial charge in [0.1, 0.15) is 0 Å². The van der Waals surface area contributed by atoms with Crippen molar-refractivity contribution >= 4 is 11.8 Å². The molecule has 0 spiro atoms. The number of rotatable bonds is 7. The van der Waals surface area contributed by atoms with E-state index in [1.807, 2.05) is 68.2 Å². The van der Waals surface area contributed by atoms with E-state index < -0.39 is 0 Å². The zero-order valence-corrected chi connectivity index (χ0v) is 26.6. The van der Waals surface area contributed by atoms with Crippen LogP contribution in [0.25, 0.3) is 72.3 Å². The Morgan fingerprint density at radius 1 is 0.388 bits per heavy atom. The highest BCUT2D eigenvalue weighted by Crippen LogP contribution is 2.46. The molecule has 6 nitrogen and oxygen atoms in total. The Morgan fingerprint density at radius 3 is 1.08 bits per heavy atom. The number of aromatic nitrogens is 5. The standard InChI is InChI=1S/C43H30N6/c1-29-28-49-23-12-37(29)41-27-36(26-40(32-6-17-46-18-7-32)43(41)34-10-21-48-22-11-34)35-24-38(30-2-13-44-14-3-30)42(33-8-19-47-20-9-33)39(25-35)31-4-15-45-16-5-31/h2-27H,1,28H2. The lowest BCUT2D eigenvalue weighted by molar-refractivity contribution is 1.19. The van der Waals surface area contributed by atoms with Gasteiger partial charge >= 0.3 is 0 Å². The van der Waals surface area contributed by atoms with Crippen LogP contribution in [0.4, 0.5) is 0 Å². The van der Waals surface area contributed by atoms with E-state index in [0.717, 1.165) is 83.5 Å². The first-order chi connectivity index (χ1) is 24.2. The maximum atomic E-state index is 4.49. The Labute approximate surface area is 285 Å². The molecule has 7 aromatic rings. The first kappa shape index (κ1) is 29.7. The van der Waals surface area contributed by atoms with E-state index in [2.05, 4.69) is 127 Å². The lowest BCUT2D eigenvalue weighted by Crippen LogP contribution is -2.02. The van der Waals surface area contributed by atoms with Crippen molar-refractivity contribution in [3.8, 4) is 66.8 Å². The largest absolute Gasteiger partial charge is 0.288 e. The smallest absolute Gasteiger partial charge is 0.0640 e. The third-order valence-corrected chi connectivity index (χ3v) is 8.82. The van der Waals surface area contributed by atoms with Gasteiger partial charge in [0.25, 0.3) is 0 Å². The summed E-state index contributed by atoms with van der Waals surface area (Å²) in [5.74, 6) is 0. The first-order valence-corrected chi connectivity index (χ1v) is 16.0. The van der Waals surface area contributed by atoms with Gasteiger partial charge in [-0.25, -0.2) is 0 Å². The van der Waals surface area contributed by atoms with E-state index in [0.29, 0.717) is 6.54 Å². The van der Waals surface area contributed by atoms with Gasteiger partial charge < -0.3 is 0 Å². The highest BCUT2D eigenvalue weighted by molar-refractivity contribution is 6.04. The highest BCUT2D eigenvalue weighted by Gasteiger charge is 2.22. The van der Waals surface area contributed by atoms with Gasteiger partial charge in [0, 0.05) is 68.2 Å². The minimum Gasteiger partial charge on any atom is -0.288 e. The monoisotopic (exact) mass is 630 g/mol. The van der Waals surface area contributed by atoms with Crippen molar-refractivity contribution in [1.82, 2.24) is 24.9 Å². The third kappa shape index (κ3) is 5.88. The molecule has 0 aliphatic carbocycles. The molecule has 0 saturated heterocycles. The van der Waals surface area contributed by atoms with E-state index in [1.54, 1.807) is 0 Å². The molecular formula is C43H30N6. The first-order valence-electron chi connectivity index (χ1n) is 16.0. The van der Waals surface area contributed by atoms with Gasteiger partial charge in [-0.1, -0.05) is 6.58 Å². The molecule has 0 N–H and O–H groups in total. The van der Waals surface area contributed by atoms with E-state index >= 15 is 0 Å². The molecule has 5 aromatic heterocycles. The molecule has 0 atom stereocenters. The minimum atomic E-state index is 0.551. The fraction of sp³-hybridized carbons (Fsp3) is 0.0233. The van der Waals surface area contributed by atoms with Crippen molar-refractivity contribution < 1.29 is 0 Å². The molecule has 8 rings (SSSR count). The van der Waals surface area contributed by atoms with Crippen LogP contribution in [0.2, 0.25) is 0 Å². The summed E-state index contributed by atoms with van der Waals surface area (Å²) in [6, 6.07) is 29.8. The van der Waals surface area contributed by atoms with E-state index in [9.17, 15) is 0 Å². The number of hydrogen-bond acceptors (Lipinski definition) is 6. The van der Waals surface area contributed by atoms with Gasteiger partial charge in [0.05, 0.1) is 6.54 Å². The summed E-state index contributed by atoms with van der Waals surface area (Å²) < 4.78 is 0. The van der Waals surface area contributed by atoms with Crippen LogP contribution in [-0.2, 0) is 0 Å². The fourth-order valence-electron chi connectivity index (χ4n) is 6.54. The number of pyridine rings is 5. The van der Waals surface area contributed by atoms with Crippen LogP contribution in [0.5, 0.6) is 0 Å². The molecule has 0 amide bonds. The summed E-state index contributed by atoms with van der Waals surface area (Å²) in [4.78, 5) is 26.2. The number of aliphatic imine (C=N–C) groups is 1. The van der Waals surface area contributed by atoms with E-state index in [-0.39, 0.29) is 0 Å². The number of dihydropyridines is 1. The molecule has 0 fully saturated rings. The Kier molecular flexibility index (Phi) is 8.02. The van der Waals surface area contributed by atoms with Crippen molar-refractivity contribution in [3.63, 3.8) is 0 Å². The zero-order valence-electron chi connectivity index (χ0n) is 26.6. The van der Waals surface area contributed by atoms with Crippen molar-refractivity contribution in [2.75, 3.05) is 6.54 Å². The second-order valence-corrected chi connectivity index (χ2v) is 11.7. The number of allylic oxidation sites excluding steroid dienone is 1. The Bertz CT molecular complexity index is 2280.